The largest absolute Gasteiger partial charge is 0.326 e. The Morgan fingerprint density at radius 3 is 2.40 bits per heavy atom. The van der Waals surface area contributed by atoms with E-state index in [1.54, 1.807) is 0 Å². The van der Waals surface area contributed by atoms with Crippen LogP contribution in [0, 0.1) is 28.6 Å². The van der Waals surface area contributed by atoms with Gasteiger partial charge in [-0.05, 0) is 100 Å². The fraction of sp³-hybridized carbons (Fsp3) is 0.590. The van der Waals surface area contributed by atoms with Crippen LogP contribution in [0.5, 0.6) is 0 Å². The lowest BCUT2D eigenvalue weighted by atomic mass is 9.50. The first-order chi connectivity index (χ1) is 20.1. The molecule has 2 aromatic carbocycles. The summed E-state index contributed by atoms with van der Waals surface area (Å²) in [7, 11) is 0. The molecule has 3 fully saturated rings. The molecule has 43 heavy (non-hydrogen) atoms. The molecule has 5 atom stereocenters. The summed E-state index contributed by atoms with van der Waals surface area (Å²) in [4.78, 5) is 28.9. The predicted octanol–water partition coefficient (Wildman–Crippen LogP) is 9.88. The van der Waals surface area contributed by atoms with E-state index in [9.17, 15) is 9.59 Å². The number of amides is 2. The van der Waals surface area contributed by atoms with Crippen LogP contribution in [-0.2, 0) is 15.6 Å². The van der Waals surface area contributed by atoms with Gasteiger partial charge >= 0.3 is 6.03 Å². The second-order valence-electron chi connectivity index (χ2n) is 16.8. The van der Waals surface area contributed by atoms with Crippen LogP contribution in [0.2, 0.25) is 0 Å². The monoisotopic (exact) mass is 580 g/mol. The molecule has 0 aromatic heterocycles. The number of fused-ring (bicyclic) bond motifs is 5. The number of piperidine rings is 1. The number of likely N-dealkylation sites (tertiary alicyclic amines) is 1. The molecule has 3 aliphatic carbocycles. The van der Waals surface area contributed by atoms with Gasteiger partial charge in [0.1, 0.15) is 0 Å². The minimum atomic E-state index is -0.129. The van der Waals surface area contributed by atoms with Crippen LogP contribution >= 0.6 is 0 Å². The highest BCUT2D eigenvalue weighted by atomic mass is 16.2. The summed E-state index contributed by atoms with van der Waals surface area (Å²) < 4.78 is 0. The molecule has 1 N–H and O–H groups in total. The van der Waals surface area contributed by atoms with E-state index in [0.717, 1.165) is 23.4 Å². The normalized spacial score (nSPS) is 30.7. The highest BCUT2D eigenvalue weighted by molar-refractivity contribution is 5.95. The molecule has 2 aromatic rings. The standard InChI is InChI=1S/C39H52N2O2/c1-36(2,3)26-14-15-29(33(22-26)37(4,5)6)25-11-9-12-27(21-25)40-35(43)41-24-30-31-13-10-18-38(31,7)19-17-32(30)39(8)20-16-28(42)23-34(39)41/h9,11-12,14-15,21-23,30-32H,10,13,16-20,24H2,1-8H3,(H,40,43)/t30-,31-,32-,38-,39+/m0/s1. The van der Waals surface area contributed by atoms with Crippen LogP contribution in [-0.4, -0.2) is 23.3 Å². The molecule has 1 heterocycles. The third-order valence-electron chi connectivity index (χ3n) is 11.9. The van der Waals surface area contributed by atoms with Gasteiger partial charge in [-0.1, -0.05) is 92.1 Å². The van der Waals surface area contributed by atoms with Crippen molar-refractivity contribution in [1.29, 1.82) is 0 Å². The molecule has 4 aliphatic rings. The molecule has 1 saturated heterocycles. The molecule has 4 nitrogen and oxygen atoms in total. The quantitative estimate of drug-likeness (QED) is 0.384. The number of hydrogen-bond donors (Lipinski definition) is 1. The first-order valence-electron chi connectivity index (χ1n) is 16.7. The van der Waals surface area contributed by atoms with Crippen molar-refractivity contribution in [3.05, 3.63) is 65.4 Å². The Kier molecular flexibility index (Phi) is 7.26. The Labute approximate surface area is 259 Å². The van der Waals surface area contributed by atoms with Crippen molar-refractivity contribution in [2.24, 2.45) is 28.6 Å². The molecule has 0 bridgehead atoms. The molecule has 0 spiro atoms. The zero-order valence-corrected chi connectivity index (χ0v) is 27.8. The molecule has 230 valence electrons. The van der Waals surface area contributed by atoms with Gasteiger partial charge in [0.2, 0.25) is 0 Å². The van der Waals surface area contributed by atoms with Gasteiger partial charge in [-0.2, -0.15) is 0 Å². The molecule has 2 saturated carbocycles. The summed E-state index contributed by atoms with van der Waals surface area (Å²) >= 11 is 0. The van der Waals surface area contributed by atoms with Gasteiger partial charge < -0.3 is 5.32 Å². The van der Waals surface area contributed by atoms with Crippen LogP contribution in [0.3, 0.4) is 0 Å². The van der Waals surface area contributed by atoms with Gasteiger partial charge in [0.25, 0.3) is 0 Å². The number of carbonyl (C=O) groups is 2. The van der Waals surface area contributed by atoms with Crippen LogP contribution in [0.4, 0.5) is 10.5 Å². The van der Waals surface area contributed by atoms with Gasteiger partial charge in [0.05, 0.1) is 0 Å². The molecule has 6 rings (SSSR count). The minimum absolute atomic E-state index is 0.0284. The highest BCUT2D eigenvalue weighted by Crippen LogP contribution is 2.64. The van der Waals surface area contributed by atoms with Gasteiger partial charge in [-0.15, -0.1) is 0 Å². The van der Waals surface area contributed by atoms with E-state index in [4.69, 9.17) is 0 Å². The summed E-state index contributed by atoms with van der Waals surface area (Å²) in [5.74, 6) is 1.85. The number of nitrogens with one attached hydrogen (secondary N) is 1. The van der Waals surface area contributed by atoms with Crippen molar-refractivity contribution in [2.45, 2.75) is 111 Å². The van der Waals surface area contributed by atoms with Crippen LogP contribution in [0.25, 0.3) is 11.1 Å². The van der Waals surface area contributed by atoms with Crippen molar-refractivity contribution in [3.63, 3.8) is 0 Å². The van der Waals surface area contributed by atoms with E-state index in [1.807, 2.05) is 23.1 Å². The van der Waals surface area contributed by atoms with E-state index >= 15 is 0 Å². The maximum absolute atomic E-state index is 14.2. The maximum Gasteiger partial charge on any atom is 0.326 e. The van der Waals surface area contributed by atoms with Crippen molar-refractivity contribution in [3.8, 4) is 11.1 Å². The number of rotatable bonds is 2. The molecular weight excluding hydrogens is 528 g/mol. The van der Waals surface area contributed by atoms with Gasteiger partial charge in [0, 0.05) is 35.8 Å². The molecule has 1 aliphatic heterocycles. The van der Waals surface area contributed by atoms with Crippen molar-refractivity contribution in [2.75, 3.05) is 11.9 Å². The van der Waals surface area contributed by atoms with E-state index in [0.29, 0.717) is 36.1 Å². The van der Waals surface area contributed by atoms with Gasteiger partial charge in [0.15, 0.2) is 5.78 Å². The second-order valence-corrected chi connectivity index (χ2v) is 16.8. The number of hydrogen-bond acceptors (Lipinski definition) is 2. The van der Waals surface area contributed by atoms with E-state index in [-0.39, 0.29) is 28.1 Å². The summed E-state index contributed by atoms with van der Waals surface area (Å²) in [6.45, 7) is 19.1. The average molecular weight is 581 g/mol. The fourth-order valence-corrected chi connectivity index (χ4v) is 9.33. The number of carbonyl (C=O) groups excluding carboxylic acids is 2. The number of benzene rings is 2. The molecule has 2 amide bonds. The molecule has 0 radical (unpaired) electrons. The van der Waals surface area contributed by atoms with E-state index < -0.39 is 0 Å². The van der Waals surface area contributed by atoms with Crippen LogP contribution in [0.1, 0.15) is 111 Å². The lowest BCUT2D eigenvalue weighted by molar-refractivity contribution is -0.118. The Balaban J connectivity index is 1.32. The number of allylic oxidation sites excluding steroid dienone is 2. The van der Waals surface area contributed by atoms with Crippen molar-refractivity contribution < 1.29 is 9.59 Å². The van der Waals surface area contributed by atoms with Crippen LogP contribution < -0.4 is 5.32 Å². The third-order valence-corrected chi connectivity index (χ3v) is 11.9. The smallest absolute Gasteiger partial charge is 0.308 e. The molecule has 4 heteroatoms. The lowest BCUT2D eigenvalue weighted by Crippen LogP contribution is -2.59. The van der Waals surface area contributed by atoms with Crippen molar-refractivity contribution >= 4 is 17.5 Å². The zero-order chi connectivity index (χ0) is 30.9. The number of urea groups is 1. The number of nitrogens with zero attached hydrogens (tertiary/aromatic N) is 1. The first-order valence-corrected chi connectivity index (χ1v) is 16.7. The lowest BCUT2D eigenvalue weighted by Gasteiger charge is -2.59. The Hall–Kier alpha value is -2.88. The SMILES string of the molecule is CC(C)(C)c1ccc(-c2cccc(NC(=O)N3C[C@H]4[C@@H]5CCC[C@@]5(C)CC[C@@H]4[C@@]4(C)CCC(=O)C=C34)c2)c(C(C)(C)C)c1. The molecule has 0 unspecified atom stereocenters. The third kappa shape index (κ3) is 5.27. The minimum Gasteiger partial charge on any atom is -0.308 e. The summed E-state index contributed by atoms with van der Waals surface area (Å²) in [6, 6.07) is 15.0. The Morgan fingerprint density at radius 1 is 0.907 bits per heavy atom. The highest BCUT2D eigenvalue weighted by Gasteiger charge is 2.58. The Bertz CT molecular complexity index is 1470. The van der Waals surface area contributed by atoms with E-state index in [2.05, 4.69) is 91.0 Å². The van der Waals surface area contributed by atoms with E-state index in [1.165, 1.54) is 48.8 Å². The predicted molar refractivity (Wildman–Crippen MR) is 177 cm³/mol. The summed E-state index contributed by atoms with van der Waals surface area (Å²) in [5.41, 5.74) is 7.00. The number of anilines is 1. The number of ketones is 1. The fourth-order valence-electron chi connectivity index (χ4n) is 9.33. The summed E-state index contributed by atoms with van der Waals surface area (Å²) in [5, 5.41) is 3.28. The van der Waals surface area contributed by atoms with Crippen molar-refractivity contribution in [1.82, 2.24) is 4.90 Å². The average Bonchev–Trinajstić information content (AvgIpc) is 3.34. The Morgan fingerprint density at radius 2 is 1.67 bits per heavy atom. The van der Waals surface area contributed by atoms with Gasteiger partial charge in [-0.3, -0.25) is 9.69 Å². The topological polar surface area (TPSA) is 49.4 Å². The molecular formula is C39H52N2O2. The van der Waals surface area contributed by atoms with Crippen LogP contribution in [0.15, 0.2) is 54.2 Å². The van der Waals surface area contributed by atoms with Gasteiger partial charge in [-0.25, -0.2) is 4.79 Å². The maximum atomic E-state index is 14.2. The first kappa shape index (κ1) is 30.2. The second kappa shape index (κ2) is 10.3. The summed E-state index contributed by atoms with van der Waals surface area (Å²) in [6.07, 6.45) is 9.62. The zero-order valence-electron chi connectivity index (χ0n) is 27.8.